The summed E-state index contributed by atoms with van der Waals surface area (Å²) < 4.78 is 45.5. The van der Waals surface area contributed by atoms with Crippen molar-refractivity contribution in [1.29, 1.82) is 0 Å². The van der Waals surface area contributed by atoms with Crippen molar-refractivity contribution < 1.29 is 17.5 Å². The molecule has 1 aliphatic heterocycles. The molecule has 0 bridgehead atoms. The number of sulfonamides is 1. The van der Waals surface area contributed by atoms with Crippen LogP contribution in [-0.2, 0) is 14.8 Å². The molecule has 5 nitrogen and oxygen atoms in total. The summed E-state index contributed by atoms with van der Waals surface area (Å²) in [6, 6.07) is 1.92. The molecule has 1 aromatic rings. The fourth-order valence-electron chi connectivity index (χ4n) is 2.30. The Labute approximate surface area is 122 Å². The summed E-state index contributed by atoms with van der Waals surface area (Å²) in [7, 11) is -2.61. The van der Waals surface area contributed by atoms with Crippen LogP contribution in [0.15, 0.2) is 17.0 Å². The van der Waals surface area contributed by atoms with Gasteiger partial charge < -0.3 is 10.5 Å². The number of anilines is 1. The highest BCUT2D eigenvalue weighted by atomic mass is 35.5. The van der Waals surface area contributed by atoms with Gasteiger partial charge in [-0.2, -0.15) is 4.31 Å². The zero-order valence-corrected chi connectivity index (χ0v) is 12.7. The van der Waals surface area contributed by atoms with Crippen molar-refractivity contribution >= 4 is 27.3 Å². The Morgan fingerprint density at radius 3 is 2.70 bits per heavy atom. The Kier molecular flexibility index (Phi) is 4.24. The number of nitrogen functional groups attached to an aromatic ring is 1. The summed E-state index contributed by atoms with van der Waals surface area (Å²) >= 11 is 5.66. The van der Waals surface area contributed by atoms with Gasteiger partial charge in [0.1, 0.15) is 4.90 Å². The molecule has 2 N–H and O–H groups in total. The topological polar surface area (TPSA) is 72.6 Å². The SMILES string of the molecule is CC1OCCC1N(C)S(=O)(=O)c1cc(N)cc(Cl)c1F. The van der Waals surface area contributed by atoms with E-state index in [0.29, 0.717) is 13.0 Å². The summed E-state index contributed by atoms with van der Waals surface area (Å²) in [5, 5.41) is -0.312. The molecule has 0 saturated carbocycles. The number of halogens is 2. The van der Waals surface area contributed by atoms with Crippen LogP contribution in [-0.4, -0.2) is 38.5 Å². The van der Waals surface area contributed by atoms with Gasteiger partial charge in [-0.15, -0.1) is 0 Å². The van der Waals surface area contributed by atoms with E-state index in [0.717, 1.165) is 10.4 Å². The first-order chi connectivity index (χ1) is 9.25. The lowest BCUT2D eigenvalue weighted by Crippen LogP contribution is -2.41. The minimum absolute atomic E-state index is 0.0964. The summed E-state index contributed by atoms with van der Waals surface area (Å²) in [5.74, 6) is -0.987. The average Bonchev–Trinajstić information content (AvgIpc) is 2.78. The quantitative estimate of drug-likeness (QED) is 0.862. The molecule has 8 heteroatoms. The molecule has 1 saturated heterocycles. The molecule has 1 aliphatic rings. The normalized spacial score (nSPS) is 23.4. The van der Waals surface area contributed by atoms with Crippen molar-refractivity contribution in [3.8, 4) is 0 Å². The van der Waals surface area contributed by atoms with Crippen LogP contribution in [0.5, 0.6) is 0 Å². The molecule has 0 radical (unpaired) electrons. The molecule has 1 fully saturated rings. The van der Waals surface area contributed by atoms with Gasteiger partial charge in [-0.1, -0.05) is 11.6 Å². The first kappa shape index (κ1) is 15.5. The number of hydrogen-bond acceptors (Lipinski definition) is 4. The molecule has 112 valence electrons. The van der Waals surface area contributed by atoms with Crippen LogP contribution in [0.4, 0.5) is 10.1 Å². The Hall–Kier alpha value is -0.890. The molecule has 1 heterocycles. The van der Waals surface area contributed by atoms with Gasteiger partial charge >= 0.3 is 0 Å². The lowest BCUT2D eigenvalue weighted by atomic mass is 10.2. The standard InChI is InChI=1S/C12H16ClFN2O3S/c1-7-10(3-4-19-7)16(2)20(17,18)11-6-8(15)5-9(13)12(11)14/h5-7,10H,3-4,15H2,1-2H3. The Bertz CT molecular complexity index is 623. The van der Waals surface area contributed by atoms with E-state index in [1.54, 1.807) is 6.92 Å². The largest absolute Gasteiger partial charge is 0.399 e. The lowest BCUT2D eigenvalue weighted by Gasteiger charge is -2.26. The van der Waals surface area contributed by atoms with Gasteiger partial charge in [0, 0.05) is 19.3 Å². The van der Waals surface area contributed by atoms with Gasteiger partial charge in [-0.3, -0.25) is 0 Å². The number of benzene rings is 1. The Morgan fingerprint density at radius 1 is 1.50 bits per heavy atom. The molecule has 1 aromatic carbocycles. The zero-order chi connectivity index (χ0) is 15.1. The van der Waals surface area contributed by atoms with Gasteiger partial charge in [0.15, 0.2) is 5.82 Å². The van der Waals surface area contributed by atoms with Crippen molar-refractivity contribution in [2.24, 2.45) is 0 Å². The van der Waals surface area contributed by atoms with Crippen molar-refractivity contribution in [2.75, 3.05) is 19.4 Å². The number of nitrogens with two attached hydrogens (primary N) is 1. The number of hydrogen-bond donors (Lipinski definition) is 1. The summed E-state index contributed by atoms with van der Waals surface area (Å²) in [4.78, 5) is -0.510. The van der Waals surface area contributed by atoms with E-state index in [-0.39, 0.29) is 22.9 Å². The van der Waals surface area contributed by atoms with Crippen LogP contribution in [0.1, 0.15) is 13.3 Å². The number of rotatable bonds is 3. The fraction of sp³-hybridized carbons (Fsp3) is 0.500. The third-order valence-corrected chi connectivity index (χ3v) is 5.63. The van der Waals surface area contributed by atoms with Gasteiger partial charge in [-0.05, 0) is 25.5 Å². The van der Waals surface area contributed by atoms with Crippen molar-refractivity contribution in [2.45, 2.75) is 30.4 Å². The maximum Gasteiger partial charge on any atom is 0.246 e. The smallest absolute Gasteiger partial charge is 0.246 e. The second kappa shape index (κ2) is 5.48. The minimum Gasteiger partial charge on any atom is -0.399 e. The predicted octanol–water partition coefficient (Wildman–Crippen LogP) is 1.86. The second-order valence-corrected chi connectivity index (χ2v) is 7.14. The van der Waals surface area contributed by atoms with E-state index in [4.69, 9.17) is 22.1 Å². The summed E-state index contributed by atoms with van der Waals surface area (Å²) in [5.41, 5.74) is 5.64. The van der Waals surface area contributed by atoms with Crippen molar-refractivity contribution in [3.63, 3.8) is 0 Å². The molecule has 2 atom stereocenters. The average molecular weight is 323 g/mol. The molecular formula is C12H16ClFN2O3S. The highest BCUT2D eigenvalue weighted by molar-refractivity contribution is 7.89. The molecule has 0 amide bonds. The third-order valence-electron chi connectivity index (χ3n) is 3.48. The third kappa shape index (κ3) is 2.63. The monoisotopic (exact) mass is 322 g/mol. The van der Waals surface area contributed by atoms with E-state index in [2.05, 4.69) is 0 Å². The van der Waals surface area contributed by atoms with E-state index in [9.17, 15) is 12.8 Å². The number of ether oxygens (including phenoxy) is 1. The van der Waals surface area contributed by atoms with Crippen molar-refractivity contribution in [1.82, 2.24) is 4.31 Å². The summed E-state index contributed by atoms with van der Waals surface area (Å²) in [6.07, 6.45) is 0.323. The minimum atomic E-state index is -4.02. The molecule has 20 heavy (non-hydrogen) atoms. The van der Waals surface area contributed by atoms with E-state index in [1.807, 2.05) is 0 Å². The lowest BCUT2D eigenvalue weighted by molar-refractivity contribution is 0.102. The van der Waals surface area contributed by atoms with E-state index < -0.39 is 20.7 Å². The zero-order valence-electron chi connectivity index (χ0n) is 11.1. The molecule has 0 aliphatic carbocycles. The van der Waals surface area contributed by atoms with Crippen molar-refractivity contribution in [3.05, 3.63) is 23.0 Å². The molecule has 2 rings (SSSR count). The van der Waals surface area contributed by atoms with E-state index >= 15 is 0 Å². The molecule has 0 spiro atoms. The maximum absolute atomic E-state index is 14.0. The first-order valence-corrected chi connectivity index (χ1v) is 7.91. The van der Waals surface area contributed by atoms with Gasteiger partial charge in [0.05, 0.1) is 17.2 Å². The van der Waals surface area contributed by atoms with Gasteiger partial charge in [-0.25, -0.2) is 12.8 Å². The highest BCUT2D eigenvalue weighted by Crippen LogP contribution is 2.30. The second-order valence-electron chi connectivity index (χ2n) is 4.77. The van der Waals surface area contributed by atoms with Gasteiger partial charge in [0.2, 0.25) is 10.0 Å². The Morgan fingerprint density at radius 2 is 2.15 bits per heavy atom. The fourth-order valence-corrected chi connectivity index (χ4v) is 4.15. The van der Waals surface area contributed by atoms with Crippen LogP contribution >= 0.6 is 11.6 Å². The maximum atomic E-state index is 14.0. The van der Waals surface area contributed by atoms with Crippen LogP contribution in [0.3, 0.4) is 0 Å². The van der Waals surface area contributed by atoms with Gasteiger partial charge in [0.25, 0.3) is 0 Å². The summed E-state index contributed by atoms with van der Waals surface area (Å²) in [6.45, 7) is 2.26. The number of likely N-dealkylation sites (N-methyl/N-ethyl adjacent to an activating group) is 1. The Balaban J connectivity index is 2.45. The van der Waals surface area contributed by atoms with E-state index in [1.165, 1.54) is 13.1 Å². The predicted molar refractivity (Wildman–Crippen MR) is 74.6 cm³/mol. The molecule has 0 aromatic heterocycles. The molecular weight excluding hydrogens is 307 g/mol. The number of nitrogens with zero attached hydrogens (tertiary/aromatic N) is 1. The van der Waals surface area contributed by atoms with Crippen LogP contribution < -0.4 is 5.73 Å². The highest BCUT2D eigenvalue weighted by Gasteiger charge is 2.37. The van der Waals surface area contributed by atoms with Crippen LogP contribution in [0, 0.1) is 5.82 Å². The first-order valence-electron chi connectivity index (χ1n) is 6.09. The van der Waals surface area contributed by atoms with Crippen LogP contribution in [0.25, 0.3) is 0 Å². The molecule has 2 unspecified atom stereocenters. The van der Waals surface area contributed by atoms with Crippen LogP contribution in [0.2, 0.25) is 5.02 Å².